The normalized spacial score (nSPS) is 12.8. The van der Waals surface area contributed by atoms with Crippen LogP contribution in [0.1, 0.15) is 33.1 Å². The highest BCUT2D eigenvalue weighted by Gasteiger charge is 2.17. The molecule has 0 bridgehead atoms. The number of hydrogen-bond acceptors (Lipinski definition) is 5. The molecule has 0 spiro atoms. The van der Waals surface area contributed by atoms with Crippen molar-refractivity contribution in [3.8, 4) is 0 Å². The quantitative estimate of drug-likeness (QED) is 0.767. The zero-order valence-electron chi connectivity index (χ0n) is 9.73. The number of anilines is 1. The minimum absolute atomic E-state index is 0.418. The van der Waals surface area contributed by atoms with E-state index in [0.29, 0.717) is 30.9 Å². The van der Waals surface area contributed by atoms with Gasteiger partial charge >= 0.3 is 6.01 Å². The molecule has 0 saturated carbocycles. The molecule has 0 aliphatic carbocycles. The second-order valence-electron chi connectivity index (χ2n) is 3.56. The summed E-state index contributed by atoms with van der Waals surface area (Å²) in [7, 11) is 0. The van der Waals surface area contributed by atoms with E-state index < -0.39 is 0 Å². The summed E-state index contributed by atoms with van der Waals surface area (Å²) in [6.07, 6.45) is 1.70. The van der Waals surface area contributed by atoms with Gasteiger partial charge in [0.25, 0.3) is 0 Å². The minimum atomic E-state index is 0.418. The number of rotatable bonds is 6. The van der Waals surface area contributed by atoms with Crippen molar-refractivity contribution >= 4 is 6.01 Å². The maximum Gasteiger partial charge on any atom is 0.318 e. The van der Waals surface area contributed by atoms with Gasteiger partial charge in [-0.15, -0.1) is 5.10 Å². The summed E-state index contributed by atoms with van der Waals surface area (Å²) < 4.78 is 5.52. The molecule has 1 heterocycles. The Hall–Kier alpha value is -1.10. The zero-order chi connectivity index (χ0) is 11.3. The molecule has 0 amide bonds. The summed E-state index contributed by atoms with van der Waals surface area (Å²) in [4.78, 5) is 2.10. The van der Waals surface area contributed by atoms with E-state index in [1.54, 1.807) is 0 Å². The predicted molar refractivity (Wildman–Crippen MR) is 59.8 cm³/mol. The lowest BCUT2D eigenvalue weighted by Crippen LogP contribution is -2.32. The van der Waals surface area contributed by atoms with Crippen molar-refractivity contribution in [3.63, 3.8) is 0 Å². The van der Waals surface area contributed by atoms with E-state index >= 15 is 0 Å². The molecule has 0 aromatic carbocycles. The third-order valence-corrected chi connectivity index (χ3v) is 2.52. The van der Waals surface area contributed by atoms with Gasteiger partial charge in [-0.05, 0) is 20.3 Å². The highest BCUT2D eigenvalue weighted by Crippen LogP contribution is 2.16. The highest BCUT2D eigenvalue weighted by molar-refractivity contribution is 5.25. The van der Waals surface area contributed by atoms with Crippen LogP contribution in [0.3, 0.4) is 0 Å². The van der Waals surface area contributed by atoms with E-state index in [1.165, 1.54) is 0 Å². The number of hydrogen-bond donors (Lipinski definition) is 1. The Balaban J connectivity index is 2.73. The van der Waals surface area contributed by atoms with Crippen LogP contribution in [0.2, 0.25) is 0 Å². The smallest absolute Gasteiger partial charge is 0.318 e. The van der Waals surface area contributed by atoms with Crippen LogP contribution >= 0.6 is 0 Å². The summed E-state index contributed by atoms with van der Waals surface area (Å²) >= 11 is 0. The van der Waals surface area contributed by atoms with Gasteiger partial charge in [-0.3, -0.25) is 0 Å². The monoisotopic (exact) mass is 212 g/mol. The van der Waals surface area contributed by atoms with Crippen molar-refractivity contribution in [2.24, 2.45) is 5.73 Å². The van der Waals surface area contributed by atoms with Gasteiger partial charge in [0, 0.05) is 25.6 Å². The lowest BCUT2D eigenvalue weighted by atomic mass is 10.2. The van der Waals surface area contributed by atoms with Crippen molar-refractivity contribution in [1.82, 2.24) is 10.2 Å². The first kappa shape index (κ1) is 12.0. The molecule has 0 saturated heterocycles. The van der Waals surface area contributed by atoms with Crippen LogP contribution in [-0.2, 0) is 6.42 Å². The summed E-state index contributed by atoms with van der Waals surface area (Å²) in [6, 6.07) is 1.02. The van der Waals surface area contributed by atoms with Crippen LogP contribution in [0.4, 0.5) is 6.01 Å². The van der Waals surface area contributed by atoms with Gasteiger partial charge in [0.1, 0.15) is 0 Å². The SMILES string of the molecule is CCC(C)N(CC)c1nnc(CCN)o1. The summed E-state index contributed by atoms with van der Waals surface area (Å²) in [5.41, 5.74) is 5.42. The van der Waals surface area contributed by atoms with Crippen LogP contribution in [-0.4, -0.2) is 29.3 Å². The molecule has 1 aromatic heterocycles. The van der Waals surface area contributed by atoms with Gasteiger partial charge in [0.05, 0.1) is 0 Å². The fourth-order valence-corrected chi connectivity index (χ4v) is 1.44. The topological polar surface area (TPSA) is 68.2 Å². The fourth-order valence-electron chi connectivity index (χ4n) is 1.44. The molecule has 15 heavy (non-hydrogen) atoms. The lowest BCUT2D eigenvalue weighted by molar-refractivity contribution is 0.466. The third-order valence-electron chi connectivity index (χ3n) is 2.52. The molecule has 1 aromatic rings. The van der Waals surface area contributed by atoms with Gasteiger partial charge in [-0.1, -0.05) is 12.0 Å². The van der Waals surface area contributed by atoms with Crippen molar-refractivity contribution in [3.05, 3.63) is 5.89 Å². The van der Waals surface area contributed by atoms with Gasteiger partial charge in [-0.25, -0.2) is 0 Å². The lowest BCUT2D eigenvalue weighted by Gasteiger charge is -2.24. The molecule has 1 rings (SSSR count). The zero-order valence-corrected chi connectivity index (χ0v) is 9.73. The molecule has 86 valence electrons. The minimum Gasteiger partial charge on any atom is -0.408 e. The maximum absolute atomic E-state index is 5.52. The van der Waals surface area contributed by atoms with Crippen LogP contribution < -0.4 is 10.6 Å². The molecule has 1 unspecified atom stereocenters. The molecular formula is C10H20N4O. The summed E-state index contributed by atoms with van der Waals surface area (Å²) in [6.45, 7) is 7.79. The van der Waals surface area contributed by atoms with Crippen LogP contribution in [0, 0.1) is 0 Å². The fraction of sp³-hybridized carbons (Fsp3) is 0.800. The average Bonchev–Trinajstić information content (AvgIpc) is 2.68. The number of nitrogens with zero attached hydrogens (tertiary/aromatic N) is 3. The van der Waals surface area contributed by atoms with Crippen molar-refractivity contribution in [1.29, 1.82) is 0 Å². The van der Waals surface area contributed by atoms with Crippen LogP contribution in [0.5, 0.6) is 0 Å². The Kier molecular flexibility index (Phi) is 4.55. The van der Waals surface area contributed by atoms with E-state index in [4.69, 9.17) is 10.2 Å². The first-order valence-electron chi connectivity index (χ1n) is 5.52. The maximum atomic E-state index is 5.52. The standard InChI is InChI=1S/C10H20N4O/c1-4-8(3)14(5-2)10-13-12-9(15-10)6-7-11/h8H,4-7,11H2,1-3H3. The first-order valence-corrected chi connectivity index (χ1v) is 5.52. The largest absolute Gasteiger partial charge is 0.408 e. The molecule has 5 nitrogen and oxygen atoms in total. The highest BCUT2D eigenvalue weighted by atomic mass is 16.4. The van der Waals surface area contributed by atoms with Gasteiger partial charge < -0.3 is 15.1 Å². The van der Waals surface area contributed by atoms with Gasteiger partial charge in [-0.2, -0.15) is 0 Å². The van der Waals surface area contributed by atoms with Crippen molar-refractivity contribution in [2.75, 3.05) is 18.0 Å². The molecule has 0 aliphatic heterocycles. The molecule has 1 atom stereocenters. The van der Waals surface area contributed by atoms with E-state index in [9.17, 15) is 0 Å². The number of nitrogens with two attached hydrogens (primary N) is 1. The number of aromatic nitrogens is 2. The first-order chi connectivity index (χ1) is 7.22. The average molecular weight is 212 g/mol. The predicted octanol–water partition coefficient (Wildman–Crippen LogP) is 1.20. The molecule has 0 fully saturated rings. The Morgan fingerprint density at radius 1 is 1.40 bits per heavy atom. The van der Waals surface area contributed by atoms with Crippen molar-refractivity contribution in [2.45, 2.75) is 39.7 Å². The van der Waals surface area contributed by atoms with Crippen LogP contribution in [0.15, 0.2) is 4.42 Å². The third kappa shape index (κ3) is 2.92. The Morgan fingerprint density at radius 3 is 2.67 bits per heavy atom. The van der Waals surface area contributed by atoms with Crippen molar-refractivity contribution < 1.29 is 4.42 Å². The molecule has 2 N–H and O–H groups in total. The van der Waals surface area contributed by atoms with E-state index in [-0.39, 0.29) is 0 Å². The summed E-state index contributed by atoms with van der Waals surface area (Å²) in [5.74, 6) is 0.620. The van der Waals surface area contributed by atoms with Crippen LogP contribution in [0.25, 0.3) is 0 Å². The Morgan fingerprint density at radius 2 is 2.13 bits per heavy atom. The Bertz CT molecular complexity index is 287. The molecule has 5 heteroatoms. The van der Waals surface area contributed by atoms with Gasteiger partial charge in [0.2, 0.25) is 5.89 Å². The van der Waals surface area contributed by atoms with Gasteiger partial charge in [0.15, 0.2) is 0 Å². The Labute approximate surface area is 90.7 Å². The van der Waals surface area contributed by atoms with E-state index in [0.717, 1.165) is 13.0 Å². The van der Waals surface area contributed by atoms with E-state index in [1.807, 2.05) is 0 Å². The van der Waals surface area contributed by atoms with E-state index in [2.05, 4.69) is 35.9 Å². The second kappa shape index (κ2) is 5.70. The molecular weight excluding hydrogens is 192 g/mol. The molecule has 0 aliphatic rings. The summed E-state index contributed by atoms with van der Waals surface area (Å²) in [5, 5.41) is 7.98. The second-order valence-corrected chi connectivity index (χ2v) is 3.56. The molecule has 0 radical (unpaired) electrons.